The van der Waals surface area contributed by atoms with Crippen molar-refractivity contribution < 1.29 is 17.9 Å². The monoisotopic (exact) mass is 354 g/mol. The predicted molar refractivity (Wildman–Crippen MR) is 87.5 cm³/mol. The Bertz CT molecular complexity index is 729. The number of hydrogen-bond donors (Lipinski definition) is 2. The average Bonchev–Trinajstić information content (AvgIpc) is 2.87. The van der Waals surface area contributed by atoms with Crippen LogP contribution in [0.25, 0.3) is 0 Å². The molecule has 1 aromatic rings. The van der Waals surface area contributed by atoms with Crippen LogP contribution < -0.4 is 15.3 Å². The molecule has 0 spiro atoms. The number of amides is 1. The molecule has 4 rings (SSSR count). The molecule has 8 nitrogen and oxygen atoms in total. The van der Waals surface area contributed by atoms with Gasteiger partial charge in [-0.2, -0.15) is 5.12 Å². The van der Waals surface area contributed by atoms with Crippen molar-refractivity contribution in [3.63, 3.8) is 0 Å². The summed E-state index contributed by atoms with van der Waals surface area (Å²) in [7, 11) is -2.46. The number of piperidine rings is 1. The number of benzene rings is 1. The van der Waals surface area contributed by atoms with Crippen molar-refractivity contribution in [1.29, 1.82) is 0 Å². The van der Waals surface area contributed by atoms with Gasteiger partial charge < -0.3 is 4.74 Å². The molecule has 0 radical (unpaired) electrons. The summed E-state index contributed by atoms with van der Waals surface area (Å²) in [5.41, 5.74) is 3.00. The Morgan fingerprint density at radius 2 is 1.92 bits per heavy atom. The van der Waals surface area contributed by atoms with E-state index in [0.717, 1.165) is 38.9 Å². The summed E-state index contributed by atoms with van der Waals surface area (Å²) in [6, 6.07) is 4.00. The van der Waals surface area contributed by atoms with Crippen LogP contribution >= 0.6 is 0 Å². The first-order chi connectivity index (χ1) is 11.4. The van der Waals surface area contributed by atoms with Gasteiger partial charge in [-0.15, -0.1) is 0 Å². The summed E-state index contributed by atoms with van der Waals surface area (Å²) in [5.74, 6) is 0.597. The molecule has 3 N–H and O–H groups in total. The van der Waals surface area contributed by atoms with Crippen LogP contribution in [0.5, 0.6) is 5.75 Å². The maximum Gasteiger partial charge on any atom is 0.270 e. The summed E-state index contributed by atoms with van der Waals surface area (Å²) in [4.78, 5) is 12.5. The Kier molecular flexibility index (Phi) is 4.77. The van der Waals surface area contributed by atoms with E-state index in [1.807, 2.05) is 5.12 Å². The second-order valence-corrected chi connectivity index (χ2v) is 7.72. The molecule has 0 aromatic heterocycles. The number of fused-ring (bicyclic) bond motifs is 4. The molecular weight excluding hydrogens is 332 g/mol. The van der Waals surface area contributed by atoms with E-state index in [-0.39, 0.29) is 10.5 Å². The maximum absolute atomic E-state index is 12.7. The number of sulfonamides is 1. The highest BCUT2D eigenvalue weighted by Gasteiger charge is 2.30. The molecule has 0 unspecified atom stereocenters. The Balaban J connectivity index is 1.83. The number of primary sulfonamides is 1. The number of nitrogens with zero attached hydrogens (tertiary/aromatic N) is 2. The lowest BCUT2D eigenvalue weighted by Crippen LogP contribution is -2.53. The molecule has 1 amide bonds. The minimum absolute atomic E-state index is 0.120. The van der Waals surface area contributed by atoms with Gasteiger partial charge in [0, 0.05) is 19.6 Å². The van der Waals surface area contributed by atoms with Crippen molar-refractivity contribution in [1.82, 2.24) is 15.6 Å². The number of methoxy groups -OCH3 is 1. The van der Waals surface area contributed by atoms with Gasteiger partial charge in [-0.05, 0) is 43.4 Å². The zero-order chi connectivity index (χ0) is 17.3. The van der Waals surface area contributed by atoms with E-state index in [2.05, 4.69) is 10.4 Å². The van der Waals surface area contributed by atoms with E-state index in [4.69, 9.17) is 9.88 Å². The van der Waals surface area contributed by atoms with Crippen LogP contribution in [-0.2, 0) is 10.0 Å². The van der Waals surface area contributed by atoms with E-state index >= 15 is 0 Å². The van der Waals surface area contributed by atoms with Crippen molar-refractivity contribution in [2.24, 2.45) is 11.1 Å². The zero-order valence-electron chi connectivity index (χ0n) is 13.6. The Morgan fingerprint density at radius 3 is 2.54 bits per heavy atom. The standard InChI is InChI=1S/C15H22N4O4S/c1-23-14-3-2-12(24(16,21)22)10-13(14)15(20)17-19-9-6-11-4-7-18(19)8-5-11/h2-3,10-11H,4-9H2,1H3,(H,17,20)(H2,16,21,22). The van der Waals surface area contributed by atoms with Gasteiger partial charge in [-0.25, -0.2) is 18.6 Å². The normalized spacial score (nSPS) is 24.4. The van der Waals surface area contributed by atoms with Crippen molar-refractivity contribution in [3.05, 3.63) is 23.8 Å². The molecular formula is C15H22N4O4S. The maximum atomic E-state index is 12.7. The molecule has 3 heterocycles. The summed E-state index contributed by atoms with van der Waals surface area (Å²) in [6.45, 7) is 2.58. The molecule has 3 fully saturated rings. The molecule has 9 heteroatoms. The number of ether oxygens (including phenoxy) is 1. The minimum atomic E-state index is -3.89. The molecule has 24 heavy (non-hydrogen) atoms. The molecule has 0 atom stereocenters. The van der Waals surface area contributed by atoms with E-state index in [0.29, 0.717) is 11.7 Å². The van der Waals surface area contributed by atoms with Gasteiger partial charge in [-0.3, -0.25) is 10.2 Å². The van der Waals surface area contributed by atoms with Crippen LogP contribution in [0.3, 0.4) is 0 Å². The lowest BCUT2D eigenvalue weighted by Gasteiger charge is -2.34. The molecule has 3 saturated heterocycles. The van der Waals surface area contributed by atoms with Crippen LogP contribution in [0, 0.1) is 5.92 Å². The van der Waals surface area contributed by atoms with E-state index < -0.39 is 15.9 Å². The van der Waals surface area contributed by atoms with Crippen molar-refractivity contribution in [2.75, 3.05) is 26.7 Å². The van der Waals surface area contributed by atoms with Gasteiger partial charge in [0.1, 0.15) is 5.75 Å². The number of hydrazine groups is 2. The predicted octanol–water partition coefficient (Wildman–Crippen LogP) is 0.320. The van der Waals surface area contributed by atoms with Gasteiger partial charge in [0.2, 0.25) is 10.0 Å². The number of nitrogens with one attached hydrogen (secondary N) is 1. The first-order valence-electron chi connectivity index (χ1n) is 7.92. The van der Waals surface area contributed by atoms with E-state index in [9.17, 15) is 13.2 Å². The van der Waals surface area contributed by atoms with Gasteiger partial charge in [0.25, 0.3) is 5.91 Å². The van der Waals surface area contributed by atoms with Gasteiger partial charge in [0.15, 0.2) is 0 Å². The molecule has 0 aliphatic carbocycles. The fraction of sp³-hybridized carbons (Fsp3) is 0.533. The second-order valence-electron chi connectivity index (χ2n) is 6.16. The lowest BCUT2D eigenvalue weighted by atomic mass is 9.96. The topological polar surface area (TPSA) is 105 Å². The van der Waals surface area contributed by atoms with E-state index in [1.54, 1.807) is 0 Å². The van der Waals surface area contributed by atoms with Gasteiger partial charge in [-0.1, -0.05) is 0 Å². The summed E-state index contributed by atoms with van der Waals surface area (Å²) >= 11 is 0. The third kappa shape index (κ3) is 3.54. The number of carbonyl (C=O) groups is 1. The SMILES string of the molecule is COc1ccc(S(N)(=O)=O)cc1C(=O)NN1CCC2CCN1CC2. The Labute approximate surface area is 141 Å². The molecule has 3 aliphatic rings. The number of nitrogens with two attached hydrogens (primary N) is 1. The van der Waals surface area contributed by atoms with Crippen LogP contribution in [-0.4, -0.2) is 51.2 Å². The molecule has 1 aromatic carbocycles. The number of rotatable bonds is 4. The number of hydrogen-bond acceptors (Lipinski definition) is 6. The van der Waals surface area contributed by atoms with Gasteiger partial charge >= 0.3 is 0 Å². The Hall–Kier alpha value is -1.68. The third-order valence-corrected chi connectivity index (χ3v) is 5.57. The average molecular weight is 354 g/mol. The fourth-order valence-electron chi connectivity index (χ4n) is 3.24. The van der Waals surface area contributed by atoms with Crippen LogP contribution in [0.1, 0.15) is 29.6 Å². The highest BCUT2D eigenvalue weighted by atomic mass is 32.2. The summed E-state index contributed by atoms with van der Waals surface area (Å²) in [5, 5.41) is 9.11. The minimum Gasteiger partial charge on any atom is -0.496 e. The van der Waals surface area contributed by atoms with Gasteiger partial charge in [0.05, 0.1) is 17.6 Å². The van der Waals surface area contributed by atoms with Crippen LogP contribution in [0.4, 0.5) is 0 Å². The smallest absolute Gasteiger partial charge is 0.270 e. The fourth-order valence-corrected chi connectivity index (χ4v) is 3.78. The zero-order valence-corrected chi connectivity index (χ0v) is 14.4. The van der Waals surface area contributed by atoms with Crippen LogP contribution in [0.15, 0.2) is 23.1 Å². The number of carbonyl (C=O) groups excluding carboxylic acids is 1. The molecule has 3 aliphatic heterocycles. The Morgan fingerprint density at radius 1 is 1.25 bits per heavy atom. The van der Waals surface area contributed by atoms with Crippen molar-refractivity contribution >= 4 is 15.9 Å². The highest BCUT2D eigenvalue weighted by Crippen LogP contribution is 2.26. The van der Waals surface area contributed by atoms with Crippen molar-refractivity contribution in [3.8, 4) is 5.75 Å². The highest BCUT2D eigenvalue weighted by molar-refractivity contribution is 7.89. The molecule has 2 bridgehead atoms. The second kappa shape index (κ2) is 6.67. The molecule has 0 saturated carbocycles. The summed E-state index contributed by atoms with van der Waals surface area (Å²) < 4.78 is 28.2. The summed E-state index contributed by atoms with van der Waals surface area (Å²) in [6.07, 6.45) is 3.30. The largest absolute Gasteiger partial charge is 0.496 e. The van der Waals surface area contributed by atoms with E-state index in [1.165, 1.54) is 25.3 Å². The lowest BCUT2D eigenvalue weighted by molar-refractivity contribution is -0.0560. The van der Waals surface area contributed by atoms with Crippen LogP contribution in [0.2, 0.25) is 0 Å². The first-order valence-corrected chi connectivity index (χ1v) is 9.47. The van der Waals surface area contributed by atoms with Crippen molar-refractivity contribution in [2.45, 2.75) is 24.2 Å². The first kappa shape index (κ1) is 17.2. The third-order valence-electron chi connectivity index (χ3n) is 4.66. The molecule has 132 valence electrons. The quantitative estimate of drug-likeness (QED) is 0.807.